The summed E-state index contributed by atoms with van der Waals surface area (Å²) in [7, 11) is 0. The summed E-state index contributed by atoms with van der Waals surface area (Å²) >= 11 is 0. The number of fused-ring (bicyclic) bond motifs is 1. The number of carbonyl (C=O) groups excluding carboxylic acids is 1. The molecule has 0 unspecified atom stereocenters. The van der Waals surface area contributed by atoms with Gasteiger partial charge in [-0.1, -0.05) is 6.07 Å². The molecule has 3 nitrogen and oxygen atoms in total. The van der Waals surface area contributed by atoms with Crippen molar-refractivity contribution >= 4 is 17.2 Å². The molecule has 0 saturated heterocycles. The van der Waals surface area contributed by atoms with E-state index >= 15 is 0 Å². The van der Waals surface area contributed by atoms with E-state index in [1.54, 1.807) is 12.1 Å². The third-order valence-corrected chi connectivity index (χ3v) is 3.10. The van der Waals surface area contributed by atoms with Crippen LogP contribution in [0.3, 0.4) is 0 Å². The summed E-state index contributed by atoms with van der Waals surface area (Å²) < 4.78 is 2.00. The van der Waals surface area contributed by atoms with Gasteiger partial charge in [-0.05, 0) is 42.5 Å². The quantitative estimate of drug-likeness (QED) is 0.651. The Hall–Kier alpha value is -2.86. The van der Waals surface area contributed by atoms with Gasteiger partial charge in [0.2, 0.25) is 0 Å². The molecule has 3 heteroatoms. The average Bonchev–Trinajstić information content (AvgIpc) is 2.90. The molecule has 1 aromatic heterocycles. The van der Waals surface area contributed by atoms with Gasteiger partial charge in [0.1, 0.15) is 6.29 Å². The Labute approximate surface area is 110 Å². The molecular weight excluding hydrogens is 236 g/mol. The highest BCUT2D eigenvalue weighted by Crippen LogP contribution is 2.21. The van der Waals surface area contributed by atoms with E-state index in [4.69, 9.17) is 5.26 Å². The third-order valence-electron chi connectivity index (χ3n) is 3.10. The van der Waals surface area contributed by atoms with E-state index < -0.39 is 0 Å². The molecule has 0 bridgehead atoms. The fraction of sp³-hybridized carbons (Fsp3) is 0. The maximum absolute atomic E-state index is 10.8. The molecule has 0 fully saturated rings. The summed E-state index contributed by atoms with van der Waals surface area (Å²) in [5.41, 5.74) is 3.24. The summed E-state index contributed by atoms with van der Waals surface area (Å²) in [4.78, 5) is 10.8. The largest absolute Gasteiger partial charge is 0.317 e. The summed E-state index contributed by atoms with van der Waals surface area (Å²) in [6.07, 6.45) is 2.78. The topological polar surface area (TPSA) is 45.8 Å². The van der Waals surface area contributed by atoms with Crippen LogP contribution in [0.4, 0.5) is 0 Å². The third kappa shape index (κ3) is 1.90. The van der Waals surface area contributed by atoms with Crippen molar-refractivity contribution < 1.29 is 4.79 Å². The van der Waals surface area contributed by atoms with Crippen molar-refractivity contribution in [1.29, 1.82) is 5.26 Å². The van der Waals surface area contributed by atoms with E-state index in [2.05, 4.69) is 6.07 Å². The first-order chi connectivity index (χ1) is 9.31. The van der Waals surface area contributed by atoms with Gasteiger partial charge in [-0.2, -0.15) is 5.26 Å². The Morgan fingerprint density at radius 3 is 2.79 bits per heavy atom. The van der Waals surface area contributed by atoms with E-state index in [1.807, 2.05) is 47.2 Å². The van der Waals surface area contributed by atoms with Crippen LogP contribution in [0.15, 0.2) is 54.7 Å². The minimum absolute atomic E-state index is 0.629. The van der Waals surface area contributed by atoms with Crippen molar-refractivity contribution in [1.82, 2.24) is 4.57 Å². The lowest BCUT2D eigenvalue weighted by atomic mass is 10.1. The lowest BCUT2D eigenvalue weighted by molar-refractivity contribution is 0.112. The molecule has 0 radical (unpaired) electrons. The van der Waals surface area contributed by atoms with E-state index in [9.17, 15) is 4.79 Å². The van der Waals surface area contributed by atoms with Gasteiger partial charge < -0.3 is 4.57 Å². The van der Waals surface area contributed by atoms with Crippen LogP contribution < -0.4 is 0 Å². The second-order valence-corrected chi connectivity index (χ2v) is 4.28. The van der Waals surface area contributed by atoms with Crippen molar-refractivity contribution in [2.24, 2.45) is 0 Å². The first-order valence-corrected chi connectivity index (χ1v) is 5.88. The smallest absolute Gasteiger partial charge is 0.150 e. The minimum atomic E-state index is 0.629. The molecule has 0 aliphatic carbocycles. The molecular formula is C16H10N2O. The summed E-state index contributed by atoms with van der Waals surface area (Å²) in [6.45, 7) is 0. The van der Waals surface area contributed by atoms with E-state index in [-0.39, 0.29) is 0 Å². The number of aldehydes is 1. The van der Waals surface area contributed by atoms with Crippen LogP contribution in [-0.4, -0.2) is 10.9 Å². The molecule has 0 atom stereocenters. The van der Waals surface area contributed by atoms with E-state index in [0.717, 1.165) is 22.9 Å². The molecule has 3 rings (SSSR count). The van der Waals surface area contributed by atoms with Gasteiger partial charge >= 0.3 is 0 Å². The summed E-state index contributed by atoms with van der Waals surface area (Å²) in [5, 5.41) is 9.95. The van der Waals surface area contributed by atoms with Gasteiger partial charge in [0.05, 0.1) is 17.1 Å². The fourth-order valence-corrected chi connectivity index (χ4v) is 2.18. The van der Waals surface area contributed by atoms with Gasteiger partial charge in [0.25, 0.3) is 0 Å². The number of nitriles is 1. The van der Waals surface area contributed by atoms with Crippen molar-refractivity contribution in [2.75, 3.05) is 0 Å². The number of carbonyl (C=O) groups is 1. The number of aromatic nitrogens is 1. The Kier molecular flexibility index (Phi) is 2.62. The number of rotatable bonds is 2. The van der Waals surface area contributed by atoms with Gasteiger partial charge in [0, 0.05) is 22.8 Å². The highest BCUT2D eigenvalue weighted by molar-refractivity contribution is 5.88. The molecule has 0 spiro atoms. The lowest BCUT2D eigenvalue weighted by Gasteiger charge is -2.05. The zero-order valence-corrected chi connectivity index (χ0v) is 10.1. The van der Waals surface area contributed by atoms with Gasteiger partial charge in [-0.3, -0.25) is 4.79 Å². The van der Waals surface area contributed by atoms with Gasteiger partial charge in [-0.15, -0.1) is 0 Å². The zero-order chi connectivity index (χ0) is 13.2. The first kappa shape index (κ1) is 11.2. The number of hydrogen-bond donors (Lipinski definition) is 0. The molecule has 3 aromatic rings. The van der Waals surface area contributed by atoms with Crippen molar-refractivity contribution in [3.8, 4) is 11.8 Å². The maximum Gasteiger partial charge on any atom is 0.150 e. The Bertz CT molecular complexity index is 809. The second-order valence-electron chi connectivity index (χ2n) is 4.28. The molecule has 19 heavy (non-hydrogen) atoms. The molecule has 0 amide bonds. The number of hydrogen-bond acceptors (Lipinski definition) is 2. The van der Waals surface area contributed by atoms with Gasteiger partial charge in [0.15, 0.2) is 0 Å². The normalized spacial score (nSPS) is 10.3. The van der Waals surface area contributed by atoms with Crippen LogP contribution in [0.2, 0.25) is 0 Å². The second kappa shape index (κ2) is 4.43. The SMILES string of the molecule is N#Cc1cccc(-n2ccc3cc(C=O)ccc32)c1. The lowest BCUT2D eigenvalue weighted by Crippen LogP contribution is -1.92. The highest BCUT2D eigenvalue weighted by atomic mass is 16.1. The zero-order valence-electron chi connectivity index (χ0n) is 10.1. The Morgan fingerprint density at radius 2 is 2.00 bits per heavy atom. The summed E-state index contributed by atoms with van der Waals surface area (Å²) in [5.74, 6) is 0. The van der Waals surface area contributed by atoms with Crippen molar-refractivity contribution in [2.45, 2.75) is 0 Å². The van der Waals surface area contributed by atoms with E-state index in [1.165, 1.54) is 0 Å². The van der Waals surface area contributed by atoms with Crippen LogP contribution in [-0.2, 0) is 0 Å². The fourth-order valence-electron chi connectivity index (χ4n) is 2.18. The highest BCUT2D eigenvalue weighted by Gasteiger charge is 2.04. The summed E-state index contributed by atoms with van der Waals surface area (Å²) in [6, 6.07) is 17.1. The first-order valence-electron chi connectivity index (χ1n) is 5.88. The average molecular weight is 246 g/mol. The van der Waals surface area contributed by atoms with Crippen LogP contribution in [0, 0.1) is 11.3 Å². The molecule has 0 N–H and O–H groups in total. The van der Waals surface area contributed by atoms with Gasteiger partial charge in [-0.25, -0.2) is 0 Å². The van der Waals surface area contributed by atoms with E-state index in [0.29, 0.717) is 11.1 Å². The predicted octanol–water partition coefficient (Wildman–Crippen LogP) is 3.31. The number of benzene rings is 2. The van der Waals surface area contributed by atoms with Crippen molar-refractivity contribution in [3.63, 3.8) is 0 Å². The van der Waals surface area contributed by atoms with Crippen LogP contribution in [0.1, 0.15) is 15.9 Å². The molecule has 0 aliphatic heterocycles. The van der Waals surface area contributed by atoms with Crippen molar-refractivity contribution in [3.05, 3.63) is 65.9 Å². The number of nitrogens with zero attached hydrogens (tertiary/aromatic N) is 2. The monoisotopic (exact) mass is 246 g/mol. The molecule has 0 saturated carbocycles. The maximum atomic E-state index is 10.8. The van der Waals surface area contributed by atoms with Crippen LogP contribution in [0.25, 0.3) is 16.6 Å². The molecule has 1 heterocycles. The molecule has 90 valence electrons. The van der Waals surface area contributed by atoms with Crippen LogP contribution >= 0.6 is 0 Å². The predicted molar refractivity (Wildman–Crippen MR) is 73.4 cm³/mol. The minimum Gasteiger partial charge on any atom is -0.317 e. The van der Waals surface area contributed by atoms with Crippen LogP contribution in [0.5, 0.6) is 0 Å². The Morgan fingerprint density at radius 1 is 1.11 bits per heavy atom. The Balaban J connectivity index is 2.20. The molecule has 0 aliphatic rings. The standard InChI is InChI=1S/C16H10N2O/c17-10-12-2-1-3-15(9-12)18-7-6-14-8-13(11-19)4-5-16(14)18/h1-9,11H. The molecule has 2 aromatic carbocycles.